The Kier molecular flexibility index (Phi) is 4.17. The number of hydrogen-bond acceptors (Lipinski definition) is 4. The van der Waals surface area contributed by atoms with Gasteiger partial charge in [-0.25, -0.2) is 5.10 Å². The van der Waals surface area contributed by atoms with Gasteiger partial charge in [0.15, 0.2) is 0 Å². The van der Waals surface area contributed by atoms with Gasteiger partial charge >= 0.3 is 0 Å². The van der Waals surface area contributed by atoms with Gasteiger partial charge in [0, 0.05) is 11.4 Å². The van der Waals surface area contributed by atoms with Crippen LogP contribution in [0.1, 0.15) is 11.8 Å². The van der Waals surface area contributed by atoms with Crippen molar-refractivity contribution in [3.63, 3.8) is 0 Å². The molecule has 0 saturated carbocycles. The molecule has 1 N–H and O–H groups in total. The zero-order chi connectivity index (χ0) is 14.7. The molecule has 3 aromatic rings. The molecule has 0 saturated heterocycles. The van der Waals surface area contributed by atoms with Crippen LogP contribution in [0.25, 0.3) is 5.69 Å². The quantitative estimate of drug-likeness (QED) is 0.722. The summed E-state index contributed by atoms with van der Waals surface area (Å²) in [5.74, 6) is 0.849. The fourth-order valence-corrected chi connectivity index (χ4v) is 3.18. The van der Waals surface area contributed by atoms with E-state index >= 15 is 0 Å². The molecule has 108 valence electrons. The van der Waals surface area contributed by atoms with E-state index in [9.17, 15) is 0 Å². The monoisotopic (exact) mass is 316 g/mol. The fourth-order valence-electron chi connectivity index (χ4n) is 2.23. The second-order valence-corrected chi connectivity index (χ2v) is 6.01. The normalized spacial score (nSPS) is 10.7. The minimum absolute atomic E-state index is 0.612. The first kappa shape index (κ1) is 14.0. The van der Waals surface area contributed by atoms with Gasteiger partial charge in [0.2, 0.25) is 10.7 Å². The van der Waals surface area contributed by atoms with E-state index in [0.29, 0.717) is 4.77 Å². The SMILES string of the molecule is CCN(Cc1cccs1)c1n[nH]c(=S)n1-c1ccccc1. The molecule has 0 bridgehead atoms. The van der Waals surface area contributed by atoms with E-state index in [1.807, 2.05) is 34.9 Å². The average Bonchev–Trinajstić information content (AvgIpc) is 3.15. The second kappa shape index (κ2) is 6.24. The van der Waals surface area contributed by atoms with Crippen molar-refractivity contribution >= 4 is 29.5 Å². The molecule has 4 nitrogen and oxygen atoms in total. The number of anilines is 1. The van der Waals surface area contributed by atoms with Crippen molar-refractivity contribution in [1.82, 2.24) is 14.8 Å². The molecule has 1 aromatic carbocycles. The van der Waals surface area contributed by atoms with Crippen molar-refractivity contribution < 1.29 is 0 Å². The van der Waals surface area contributed by atoms with Crippen molar-refractivity contribution in [3.05, 3.63) is 57.5 Å². The molecule has 0 aliphatic rings. The summed E-state index contributed by atoms with van der Waals surface area (Å²) >= 11 is 7.15. The molecule has 0 aliphatic carbocycles. The van der Waals surface area contributed by atoms with Crippen LogP contribution in [0.5, 0.6) is 0 Å². The minimum Gasteiger partial charge on any atom is -0.336 e. The Morgan fingerprint density at radius 2 is 2.05 bits per heavy atom. The Bertz CT molecular complexity index is 744. The predicted molar refractivity (Wildman–Crippen MR) is 89.8 cm³/mol. The second-order valence-electron chi connectivity index (χ2n) is 4.59. The van der Waals surface area contributed by atoms with Gasteiger partial charge in [-0.15, -0.1) is 16.4 Å². The standard InChI is InChI=1S/C15H16N4S2/c1-2-18(11-13-9-6-10-21-13)14-16-17-15(20)19(14)12-7-4-3-5-8-12/h3-10H,2,11H2,1H3,(H,17,20). The summed E-state index contributed by atoms with van der Waals surface area (Å²) in [4.78, 5) is 3.52. The molecule has 0 radical (unpaired) electrons. The zero-order valence-corrected chi connectivity index (χ0v) is 13.3. The zero-order valence-electron chi connectivity index (χ0n) is 11.7. The first-order valence-electron chi connectivity index (χ1n) is 6.79. The number of para-hydroxylation sites is 1. The van der Waals surface area contributed by atoms with Gasteiger partial charge in [0.1, 0.15) is 0 Å². The van der Waals surface area contributed by atoms with Crippen LogP contribution < -0.4 is 4.90 Å². The van der Waals surface area contributed by atoms with E-state index in [1.165, 1.54) is 4.88 Å². The van der Waals surface area contributed by atoms with E-state index in [1.54, 1.807) is 11.3 Å². The summed E-state index contributed by atoms with van der Waals surface area (Å²) in [6.45, 7) is 3.83. The molecule has 0 unspecified atom stereocenters. The summed E-state index contributed by atoms with van der Waals surface area (Å²) in [7, 11) is 0. The van der Waals surface area contributed by atoms with Crippen molar-refractivity contribution in [2.75, 3.05) is 11.4 Å². The largest absolute Gasteiger partial charge is 0.336 e. The summed E-state index contributed by atoms with van der Waals surface area (Å²) < 4.78 is 2.59. The van der Waals surface area contributed by atoms with Gasteiger partial charge in [0.05, 0.1) is 12.2 Å². The van der Waals surface area contributed by atoms with E-state index in [0.717, 1.165) is 24.7 Å². The number of aromatic amines is 1. The van der Waals surface area contributed by atoms with Gasteiger partial charge in [0.25, 0.3) is 0 Å². The van der Waals surface area contributed by atoms with Crippen LogP contribution in [0.15, 0.2) is 47.8 Å². The third kappa shape index (κ3) is 2.91. The maximum absolute atomic E-state index is 5.39. The number of hydrogen-bond donors (Lipinski definition) is 1. The lowest BCUT2D eigenvalue weighted by Gasteiger charge is -2.21. The highest BCUT2D eigenvalue weighted by atomic mass is 32.1. The van der Waals surface area contributed by atoms with Crippen LogP contribution in [0.4, 0.5) is 5.95 Å². The van der Waals surface area contributed by atoms with Gasteiger partial charge in [-0.1, -0.05) is 24.3 Å². The Labute approximate surface area is 132 Å². The summed E-state index contributed by atoms with van der Waals surface area (Å²) in [6, 6.07) is 14.3. The Balaban J connectivity index is 2.00. The third-order valence-corrected chi connectivity index (χ3v) is 4.40. The van der Waals surface area contributed by atoms with Gasteiger partial charge < -0.3 is 4.90 Å². The van der Waals surface area contributed by atoms with E-state index < -0.39 is 0 Å². The maximum Gasteiger partial charge on any atom is 0.230 e. The summed E-state index contributed by atoms with van der Waals surface area (Å²) in [6.07, 6.45) is 0. The van der Waals surface area contributed by atoms with Crippen LogP contribution in [0, 0.1) is 4.77 Å². The molecule has 21 heavy (non-hydrogen) atoms. The van der Waals surface area contributed by atoms with Crippen LogP contribution in [0.3, 0.4) is 0 Å². The molecule has 2 aromatic heterocycles. The van der Waals surface area contributed by atoms with Crippen LogP contribution >= 0.6 is 23.6 Å². The Hall–Kier alpha value is -1.92. The molecular weight excluding hydrogens is 300 g/mol. The highest BCUT2D eigenvalue weighted by molar-refractivity contribution is 7.71. The number of benzene rings is 1. The number of thiophene rings is 1. The van der Waals surface area contributed by atoms with Gasteiger partial charge in [-0.2, -0.15) is 0 Å². The molecule has 0 fully saturated rings. The summed E-state index contributed by atoms with van der Waals surface area (Å²) in [5, 5.41) is 9.42. The van der Waals surface area contributed by atoms with Crippen LogP contribution in [0.2, 0.25) is 0 Å². The van der Waals surface area contributed by atoms with Gasteiger partial charge in [-0.05, 0) is 42.7 Å². The summed E-state index contributed by atoms with van der Waals surface area (Å²) in [5.41, 5.74) is 1.02. The van der Waals surface area contributed by atoms with Crippen LogP contribution in [-0.2, 0) is 6.54 Å². The molecular formula is C15H16N4S2. The first-order valence-corrected chi connectivity index (χ1v) is 8.08. The number of nitrogens with zero attached hydrogens (tertiary/aromatic N) is 3. The van der Waals surface area contributed by atoms with Crippen molar-refractivity contribution in [2.45, 2.75) is 13.5 Å². The van der Waals surface area contributed by atoms with Crippen molar-refractivity contribution in [3.8, 4) is 5.69 Å². The van der Waals surface area contributed by atoms with Crippen molar-refractivity contribution in [2.24, 2.45) is 0 Å². The Morgan fingerprint density at radius 1 is 1.24 bits per heavy atom. The molecule has 0 amide bonds. The number of H-pyrrole nitrogens is 1. The Morgan fingerprint density at radius 3 is 2.71 bits per heavy atom. The predicted octanol–water partition coefficient (Wildman–Crippen LogP) is 4.02. The topological polar surface area (TPSA) is 36.9 Å². The maximum atomic E-state index is 5.39. The van der Waals surface area contributed by atoms with E-state index in [2.05, 4.69) is 39.5 Å². The number of aromatic nitrogens is 3. The molecule has 0 aliphatic heterocycles. The molecule has 6 heteroatoms. The average molecular weight is 316 g/mol. The molecule has 3 rings (SSSR count). The van der Waals surface area contributed by atoms with Crippen LogP contribution in [-0.4, -0.2) is 21.3 Å². The smallest absolute Gasteiger partial charge is 0.230 e. The lowest BCUT2D eigenvalue weighted by Crippen LogP contribution is -2.24. The first-order chi connectivity index (χ1) is 10.3. The highest BCUT2D eigenvalue weighted by Crippen LogP contribution is 2.21. The highest BCUT2D eigenvalue weighted by Gasteiger charge is 2.15. The number of rotatable bonds is 5. The number of nitrogens with one attached hydrogen (secondary N) is 1. The molecule has 0 atom stereocenters. The third-order valence-electron chi connectivity index (χ3n) is 3.26. The van der Waals surface area contributed by atoms with E-state index in [-0.39, 0.29) is 0 Å². The molecule has 0 spiro atoms. The molecule has 2 heterocycles. The lowest BCUT2D eigenvalue weighted by molar-refractivity contribution is 0.783. The lowest BCUT2D eigenvalue weighted by atomic mass is 10.3. The van der Waals surface area contributed by atoms with Gasteiger partial charge in [-0.3, -0.25) is 4.57 Å². The minimum atomic E-state index is 0.612. The van der Waals surface area contributed by atoms with E-state index in [4.69, 9.17) is 12.2 Å². The fraction of sp³-hybridized carbons (Fsp3) is 0.200. The van der Waals surface area contributed by atoms with Crippen molar-refractivity contribution in [1.29, 1.82) is 0 Å².